The van der Waals surface area contributed by atoms with Crippen LogP contribution < -0.4 is 9.46 Å². The van der Waals surface area contributed by atoms with Gasteiger partial charge in [0.2, 0.25) is 10.0 Å². The van der Waals surface area contributed by atoms with Crippen LogP contribution in [-0.4, -0.2) is 29.9 Å². The molecule has 0 bridgehead atoms. The molecule has 1 heterocycles. The van der Waals surface area contributed by atoms with Crippen molar-refractivity contribution >= 4 is 32.5 Å². The maximum Gasteiger partial charge on any atom is 0.214 e. The molecule has 0 spiro atoms. The quantitative estimate of drug-likeness (QED) is 0.311. The van der Waals surface area contributed by atoms with Crippen LogP contribution in [0.3, 0.4) is 0 Å². The zero-order valence-electron chi connectivity index (χ0n) is 18.6. The predicted molar refractivity (Wildman–Crippen MR) is 131 cm³/mol. The van der Waals surface area contributed by atoms with E-state index in [0.717, 1.165) is 0 Å². The van der Waals surface area contributed by atoms with Gasteiger partial charge in [0.25, 0.3) is 0 Å². The molecule has 0 saturated heterocycles. The first kappa shape index (κ1) is 23.7. The Morgan fingerprint density at radius 1 is 1.06 bits per heavy atom. The summed E-state index contributed by atoms with van der Waals surface area (Å²) in [6.45, 7) is 1.70. The monoisotopic (exact) mass is 517 g/mol. The van der Waals surface area contributed by atoms with Crippen molar-refractivity contribution in [2.45, 2.75) is 37.2 Å². The fraction of sp³-hybridized carbons (Fsp3) is 0.240. The second-order valence-corrected chi connectivity index (χ2v) is 11.0. The van der Waals surface area contributed by atoms with Gasteiger partial charge < -0.3 is 4.74 Å². The molecule has 35 heavy (non-hydrogen) atoms. The number of benzene rings is 3. The minimum Gasteiger partial charge on any atom is -0.482 e. The van der Waals surface area contributed by atoms with Crippen LogP contribution in [0.15, 0.2) is 60.7 Å². The fourth-order valence-electron chi connectivity index (χ4n) is 3.98. The van der Waals surface area contributed by atoms with Crippen LogP contribution in [0, 0.1) is 11.6 Å². The van der Waals surface area contributed by atoms with Gasteiger partial charge in [-0.15, -0.1) is 0 Å². The number of sulfonamides is 1. The summed E-state index contributed by atoms with van der Waals surface area (Å²) in [5.41, 5.74) is 2.52. The zero-order valence-corrected chi connectivity index (χ0v) is 20.2. The Morgan fingerprint density at radius 2 is 1.69 bits per heavy atom. The molecule has 0 unspecified atom stereocenters. The van der Waals surface area contributed by atoms with Crippen molar-refractivity contribution < 1.29 is 21.9 Å². The Labute approximate surface area is 206 Å². The maximum atomic E-state index is 13.6. The number of hydrogen-bond donors (Lipinski definition) is 2. The molecule has 1 aliphatic rings. The number of aromatic amines is 1. The summed E-state index contributed by atoms with van der Waals surface area (Å²) in [5, 5.41) is 7.84. The zero-order chi connectivity index (χ0) is 24.7. The lowest BCUT2D eigenvalue weighted by Gasteiger charge is -2.27. The van der Waals surface area contributed by atoms with E-state index in [1.807, 2.05) is 0 Å². The molecule has 10 heteroatoms. The summed E-state index contributed by atoms with van der Waals surface area (Å²) < 4.78 is 61.1. The molecular weight excluding hydrogens is 496 g/mol. The van der Waals surface area contributed by atoms with E-state index in [0.29, 0.717) is 46.3 Å². The second kappa shape index (κ2) is 9.22. The van der Waals surface area contributed by atoms with E-state index in [-0.39, 0.29) is 10.8 Å². The fourth-order valence-corrected chi connectivity index (χ4v) is 5.78. The van der Waals surface area contributed by atoms with Gasteiger partial charge in [-0.25, -0.2) is 21.9 Å². The third kappa shape index (κ3) is 5.03. The highest BCUT2D eigenvalue weighted by atomic mass is 35.5. The summed E-state index contributed by atoms with van der Waals surface area (Å²) in [4.78, 5) is 0. The molecule has 2 N–H and O–H groups in total. The molecule has 0 aliphatic heterocycles. The van der Waals surface area contributed by atoms with Crippen molar-refractivity contribution in [1.29, 1.82) is 0 Å². The molecule has 0 radical (unpaired) electrons. The van der Waals surface area contributed by atoms with Crippen LogP contribution >= 0.6 is 11.6 Å². The van der Waals surface area contributed by atoms with Crippen LogP contribution in [-0.2, 0) is 10.0 Å². The minimum atomic E-state index is -3.50. The van der Waals surface area contributed by atoms with Crippen molar-refractivity contribution in [2.75, 3.05) is 0 Å². The van der Waals surface area contributed by atoms with Gasteiger partial charge in [0.1, 0.15) is 29.2 Å². The Kier molecular flexibility index (Phi) is 6.25. The van der Waals surface area contributed by atoms with Gasteiger partial charge in [0.15, 0.2) is 0 Å². The number of H-pyrrole nitrogens is 1. The topological polar surface area (TPSA) is 84.1 Å². The Bertz CT molecular complexity index is 1470. The van der Waals surface area contributed by atoms with Crippen LogP contribution in [0.1, 0.15) is 31.4 Å². The van der Waals surface area contributed by atoms with E-state index in [9.17, 15) is 17.2 Å². The van der Waals surface area contributed by atoms with E-state index in [2.05, 4.69) is 14.9 Å². The summed E-state index contributed by atoms with van der Waals surface area (Å²) in [6, 6.07) is 14.3. The number of fused-ring (bicyclic) bond motifs is 1. The highest BCUT2D eigenvalue weighted by molar-refractivity contribution is 7.90. The summed E-state index contributed by atoms with van der Waals surface area (Å²) >= 11 is 6.51. The molecule has 2 atom stereocenters. The predicted octanol–water partition coefficient (Wildman–Crippen LogP) is 5.75. The second-order valence-electron chi connectivity index (χ2n) is 8.65. The minimum absolute atomic E-state index is 0.288. The number of aromatic nitrogens is 2. The van der Waals surface area contributed by atoms with Crippen LogP contribution in [0.2, 0.25) is 5.02 Å². The third-order valence-electron chi connectivity index (χ3n) is 5.95. The lowest BCUT2D eigenvalue weighted by molar-refractivity contribution is 0.173. The molecule has 6 nitrogen and oxygen atoms in total. The highest BCUT2D eigenvalue weighted by Crippen LogP contribution is 2.37. The molecule has 1 aliphatic carbocycles. The molecule has 3 aromatic carbocycles. The largest absolute Gasteiger partial charge is 0.482 e. The molecule has 0 amide bonds. The van der Waals surface area contributed by atoms with Crippen LogP contribution in [0.5, 0.6) is 5.75 Å². The molecule has 1 saturated carbocycles. The number of ether oxygens (including phenoxy) is 1. The maximum absolute atomic E-state index is 13.6. The lowest BCUT2D eigenvalue weighted by Crippen LogP contribution is -2.40. The first-order valence-corrected chi connectivity index (χ1v) is 13.0. The van der Waals surface area contributed by atoms with Crippen molar-refractivity contribution in [3.8, 4) is 17.0 Å². The van der Waals surface area contributed by atoms with Crippen molar-refractivity contribution in [1.82, 2.24) is 14.9 Å². The van der Waals surface area contributed by atoms with Gasteiger partial charge in [0.05, 0.1) is 21.8 Å². The van der Waals surface area contributed by atoms with Gasteiger partial charge in [-0.2, -0.15) is 5.10 Å². The third-order valence-corrected chi connectivity index (χ3v) is 8.30. The van der Waals surface area contributed by atoms with Crippen molar-refractivity contribution in [3.05, 3.63) is 82.9 Å². The first-order chi connectivity index (χ1) is 16.7. The average Bonchev–Trinajstić information content (AvgIpc) is 3.61. The molecule has 1 fully saturated rings. The Balaban J connectivity index is 1.52. The molecule has 182 valence electrons. The van der Waals surface area contributed by atoms with Gasteiger partial charge in [-0.3, -0.25) is 5.10 Å². The van der Waals surface area contributed by atoms with Crippen LogP contribution in [0.4, 0.5) is 8.78 Å². The van der Waals surface area contributed by atoms with E-state index in [1.54, 1.807) is 43.3 Å². The Hall–Kier alpha value is -3.01. The summed E-state index contributed by atoms with van der Waals surface area (Å²) in [5.74, 6) is -0.471. The lowest BCUT2D eigenvalue weighted by atomic mass is 10.0. The number of nitrogens with zero attached hydrogens (tertiary/aromatic N) is 1. The SMILES string of the molecule is C[C@@H](NS(=O)(=O)C1CC1)[C@H](Oc1cc2c(-c3ccc(F)cc3)n[nH]c2cc1Cl)c1ccc(F)cc1. The molecule has 5 rings (SSSR count). The van der Waals surface area contributed by atoms with Gasteiger partial charge in [0, 0.05) is 10.9 Å². The standard InChI is InChI=1S/C25H22ClF2N3O3S/c1-14(31-35(32,33)19-10-11-19)25(16-4-8-18(28)9-5-16)34-23-12-20-22(13-21(23)26)29-30-24(20)15-2-6-17(27)7-3-15/h2-9,12-14,19,25,31H,10-11H2,1H3,(H,29,30)/t14-,25+/m1/s1. The smallest absolute Gasteiger partial charge is 0.214 e. The van der Waals surface area contributed by atoms with E-state index in [4.69, 9.17) is 16.3 Å². The number of nitrogens with one attached hydrogen (secondary N) is 2. The van der Waals surface area contributed by atoms with Crippen molar-refractivity contribution in [2.24, 2.45) is 0 Å². The first-order valence-electron chi connectivity index (χ1n) is 11.1. The number of halogens is 3. The summed E-state index contributed by atoms with van der Waals surface area (Å²) in [7, 11) is -3.50. The highest BCUT2D eigenvalue weighted by Gasteiger charge is 2.38. The van der Waals surface area contributed by atoms with Gasteiger partial charge in [-0.05, 0) is 73.9 Å². The number of hydrogen-bond acceptors (Lipinski definition) is 4. The molecular formula is C25H22ClF2N3O3S. The van der Waals surface area contributed by atoms with Crippen LogP contribution in [0.25, 0.3) is 22.2 Å². The summed E-state index contributed by atoms with van der Waals surface area (Å²) in [6.07, 6.45) is 0.457. The molecule has 1 aromatic heterocycles. The normalized spacial score (nSPS) is 15.8. The van der Waals surface area contributed by atoms with Crippen molar-refractivity contribution in [3.63, 3.8) is 0 Å². The van der Waals surface area contributed by atoms with E-state index >= 15 is 0 Å². The van der Waals surface area contributed by atoms with Gasteiger partial charge >= 0.3 is 0 Å². The Morgan fingerprint density at radius 3 is 2.31 bits per heavy atom. The molecule has 4 aromatic rings. The van der Waals surface area contributed by atoms with E-state index in [1.165, 1.54) is 24.3 Å². The average molecular weight is 518 g/mol. The number of rotatable bonds is 8. The van der Waals surface area contributed by atoms with E-state index < -0.39 is 33.2 Å². The van der Waals surface area contributed by atoms with Gasteiger partial charge in [-0.1, -0.05) is 23.7 Å².